The molecule has 1 aromatic rings. The molecule has 0 amide bonds. The first-order valence-electron chi connectivity index (χ1n) is 2.96. The van der Waals surface area contributed by atoms with E-state index in [-0.39, 0.29) is 0 Å². The zero-order valence-electron chi connectivity index (χ0n) is 5.62. The van der Waals surface area contributed by atoms with Crippen LogP contribution in [0.25, 0.3) is 0 Å². The van der Waals surface area contributed by atoms with Crippen LogP contribution in [-0.4, -0.2) is 11.1 Å². The minimum Gasteiger partial charge on any atom is -0.263 e. The summed E-state index contributed by atoms with van der Waals surface area (Å²) in [5.41, 5.74) is 0.891. The van der Waals surface area contributed by atoms with Crippen molar-refractivity contribution in [3.05, 3.63) is 28.5 Å². The van der Waals surface area contributed by atoms with Crippen molar-refractivity contribution < 1.29 is 4.79 Å². The minimum absolute atomic E-state index is 0.343. The smallest absolute Gasteiger partial charge is 0.235 e. The molecule has 3 nitrogen and oxygen atoms in total. The Kier molecular flexibility index (Phi) is 2.95. The van der Waals surface area contributed by atoms with E-state index in [1.54, 1.807) is 12.4 Å². The number of hydrogen-bond donors (Lipinski definition) is 0. The molecule has 0 saturated heterocycles. The second-order valence-corrected chi connectivity index (χ2v) is 2.83. The number of isocyanates is 1. The third kappa shape index (κ3) is 2.62. The van der Waals surface area contributed by atoms with Crippen molar-refractivity contribution in [1.29, 1.82) is 0 Å². The van der Waals surface area contributed by atoms with Crippen molar-refractivity contribution in [3.63, 3.8) is 0 Å². The van der Waals surface area contributed by atoms with E-state index in [1.807, 2.05) is 6.07 Å². The fourth-order valence-electron chi connectivity index (χ4n) is 0.666. The van der Waals surface area contributed by atoms with Crippen LogP contribution in [0, 0.1) is 0 Å². The van der Waals surface area contributed by atoms with Crippen LogP contribution < -0.4 is 0 Å². The van der Waals surface area contributed by atoms with Gasteiger partial charge in [-0.25, -0.2) is 9.79 Å². The Morgan fingerprint density at radius 3 is 3.09 bits per heavy atom. The summed E-state index contributed by atoms with van der Waals surface area (Å²) in [5, 5.41) is 0. The maximum Gasteiger partial charge on any atom is 0.235 e. The van der Waals surface area contributed by atoms with Crippen LogP contribution in [0.2, 0.25) is 0 Å². The number of aromatic nitrogens is 1. The molecular formula is C7H5BrN2O. The highest BCUT2D eigenvalue weighted by molar-refractivity contribution is 9.10. The van der Waals surface area contributed by atoms with Crippen molar-refractivity contribution >= 4 is 22.0 Å². The number of halogens is 1. The summed E-state index contributed by atoms with van der Waals surface area (Å²) < 4.78 is 0.885. The normalized spacial score (nSPS) is 8.82. The van der Waals surface area contributed by atoms with E-state index in [1.165, 1.54) is 6.08 Å². The molecule has 0 radical (unpaired) electrons. The Labute approximate surface area is 72.3 Å². The predicted octanol–water partition coefficient (Wildman–Crippen LogP) is 1.68. The van der Waals surface area contributed by atoms with Gasteiger partial charge in [0.25, 0.3) is 0 Å². The number of carbonyl (C=O) groups excluding carboxylic acids is 1. The van der Waals surface area contributed by atoms with E-state index in [9.17, 15) is 4.79 Å². The van der Waals surface area contributed by atoms with E-state index in [0.29, 0.717) is 6.54 Å². The number of nitrogens with zero attached hydrogens (tertiary/aromatic N) is 2. The largest absolute Gasteiger partial charge is 0.263 e. The van der Waals surface area contributed by atoms with Crippen LogP contribution in [0.4, 0.5) is 0 Å². The van der Waals surface area contributed by atoms with Crippen LogP contribution >= 0.6 is 15.9 Å². The van der Waals surface area contributed by atoms with Gasteiger partial charge in [0.15, 0.2) is 0 Å². The van der Waals surface area contributed by atoms with Gasteiger partial charge in [0, 0.05) is 16.9 Å². The summed E-state index contributed by atoms with van der Waals surface area (Å²) in [6, 6.07) is 1.86. The van der Waals surface area contributed by atoms with Crippen LogP contribution in [0.3, 0.4) is 0 Å². The van der Waals surface area contributed by atoms with Gasteiger partial charge in [-0.3, -0.25) is 4.98 Å². The molecule has 1 heterocycles. The lowest BCUT2D eigenvalue weighted by Gasteiger charge is -1.93. The van der Waals surface area contributed by atoms with Gasteiger partial charge >= 0.3 is 0 Å². The monoisotopic (exact) mass is 212 g/mol. The van der Waals surface area contributed by atoms with Crippen LogP contribution in [0.5, 0.6) is 0 Å². The molecule has 0 bridgehead atoms. The summed E-state index contributed by atoms with van der Waals surface area (Å²) in [6.07, 6.45) is 4.80. The third-order valence-electron chi connectivity index (χ3n) is 1.09. The SMILES string of the molecule is O=C=NCc1cncc(Br)c1. The maximum absolute atomic E-state index is 9.74. The lowest BCUT2D eigenvalue weighted by Crippen LogP contribution is -1.82. The Morgan fingerprint density at radius 2 is 2.45 bits per heavy atom. The van der Waals surface area contributed by atoms with Gasteiger partial charge in [0.2, 0.25) is 6.08 Å². The summed E-state index contributed by atoms with van der Waals surface area (Å²) >= 11 is 3.25. The van der Waals surface area contributed by atoms with Crippen molar-refractivity contribution in [1.82, 2.24) is 4.98 Å². The summed E-state index contributed by atoms with van der Waals surface area (Å²) in [4.78, 5) is 17.1. The Morgan fingerprint density at radius 1 is 1.64 bits per heavy atom. The van der Waals surface area contributed by atoms with Gasteiger partial charge in [-0.05, 0) is 27.6 Å². The van der Waals surface area contributed by atoms with Crippen molar-refractivity contribution in [2.24, 2.45) is 4.99 Å². The molecule has 56 valence electrons. The molecule has 0 spiro atoms. The van der Waals surface area contributed by atoms with E-state index < -0.39 is 0 Å². The molecule has 11 heavy (non-hydrogen) atoms. The molecule has 1 rings (SSSR count). The first-order valence-corrected chi connectivity index (χ1v) is 3.75. The zero-order valence-corrected chi connectivity index (χ0v) is 7.21. The minimum atomic E-state index is 0.343. The third-order valence-corrected chi connectivity index (χ3v) is 1.52. The van der Waals surface area contributed by atoms with Gasteiger partial charge in [-0.2, -0.15) is 0 Å². The number of rotatable bonds is 2. The topological polar surface area (TPSA) is 42.3 Å². The van der Waals surface area contributed by atoms with E-state index in [4.69, 9.17) is 0 Å². The standard InChI is InChI=1S/C7H5BrN2O/c8-7-1-6(2-9-4-7)3-10-5-11/h1-2,4H,3H2. The van der Waals surface area contributed by atoms with Crippen molar-refractivity contribution in [2.75, 3.05) is 0 Å². The maximum atomic E-state index is 9.74. The Balaban J connectivity index is 2.79. The predicted molar refractivity (Wildman–Crippen MR) is 43.8 cm³/mol. The molecule has 0 aromatic carbocycles. The summed E-state index contributed by atoms with van der Waals surface area (Å²) in [6.45, 7) is 0.343. The van der Waals surface area contributed by atoms with E-state index in [0.717, 1.165) is 10.0 Å². The first-order chi connectivity index (χ1) is 5.33. The van der Waals surface area contributed by atoms with Crippen molar-refractivity contribution in [2.45, 2.75) is 6.54 Å². The molecule has 0 saturated carbocycles. The van der Waals surface area contributed by atoms with E-state index >= 15 is 0 Å². The highest BCUT2D eigenvalue weighted by atomic mass is 79.9. The fraction of sp³-hybridized carbons (Fsp3) is 0.143. The second kappa shape index (κ2) is 4.01. The van der Waals surface area contributed by atoms with Gasteiger partial charge in [0.1, 0.15) is 0 Å². The average Bonchev–Trinajstić information content (AvgIpc) is 2.01. The molecule has 0 unspecified atom stereocenters. The van der Waals surface area contributed by atoms with Crippen LogP contribution in [0.1, 0.15) is 5.56 Å². The zero-order chi connectivity index (χ0) is 8.10. The molecule has 0 aliphatic heterocycles. The molecule has 0 aliphatic rings. The average molecular weight is 213 g/mol. The molecule has 0 aliphatic carbocycles. The van der Waals surface area contributed by atoms with E-state index in [2.05, 4.69) is 25.9 Å². The van der Waals surface area contributed by atoms with Crippen molar-refractivity contribution in [3.8, 4) is 0 Å². The number of aliphatic imine (C=N–C) groups is 1. The van der Waals surface area contributed by atoms with Crippen LogP contribution in [0.15, 0.2) is 27.9 Å². The lowest BCUT2D eigenvalue weighted by atomic mass is 10.3. The molecule has 1 aromatic heterocycles. The fourth-order valence-corrected chi connectivity index (χ4v) is 1.08. The number of pyridine rings is 1. The first kappa shape index (κ1) is 8.11. The van der Waals surface area contributed by atoms with Gasteiger partial charge < -0.3 is 0 Å². The Bertz CT molecular complexity index is 294. The second-order valence-electron chi connectivity index (χ2n) is 1.92. The molecule has 0 N–H and O–H groups in total. The molecule has 4 heteroatoms. The molecule has 0 atom stereocenters. The molecule has 0 fully saturated rings. The van der Waals surface area contributed by atoms with Gasteiger partial charge in [-0.1, -0.05) is 0 Å². The Hall–Kier alpha value is -0.990. The number of hydrogen-bond acceptors (Lipinski definition) is 3. The summed E-state index contributed by atoms with van der Waals surface area (Å²) in [5.74, 6) is 0. The lowest BCUT2D eigenvalue weighted by molar-refractivity contribution is 0.562. The quantitative estimate of drug-likeness (QED) is 0.554. The van der Waals surface area contributed by atoms with Gasteiger partial charge in [-0.15, -0.1) is 0 Å². The highest BCUT2D eigenvalue weighted by Crippen LogP contribution is 2.09. The molecular weight excluding hydrogens is 208 g/mol. The highest BCUT2D eigenvalue weighted by Gasteiger charge is 1.91. The summed E-state index contributed by atoms with van der Waals surface area (Å²) in [7, 11) is 0. The van der Waals surface area contributed by atoms with Crippen LogP contribution in [-0.2, 0) is 11.3 Å². The van der Waals surface area contributed by atoms with Gasteiger partial charge in [0.05, 0.1) is 6.54 Å².